The summed E-state index contributed by atoms with van der Waals surface area (Å²) in [5.41, 5.74) is 3.03. The molecule has 1 aromatic carbocycles. The third-order valence-electron chi connectivity index (χ3n) is 3.96. The van der Waals surface area contributed by atoms with Crippen LogP contribution in [0.15, 0.2) is 71.3 Å². The number of hydrogen-bond donors (Lipinski definition) is 1. The molecular weight excluding hydrogens is 332 g/mol. The number of hydrogen-bond acceptors (Lipinski definition) is 4. The van der Waals surface area contributed by atoms with E-state index >= 15 is 0 Å². The van der Waals surface area contributed by atoms with Crippen LogP contribution in [0, 0.1) is 0 Å². The van der Waals surface area contributed by atoms with Crippen molar-refractivity contribution in [1.82, 2.24) is 19.5 Å². The summed E-state index contributed by atoms with van der Waals surface area (Å²) in [4.78, 5) is 25.2. The molecule has 0 aliphatic carbocycles. The smallest absolute Gasteiger partial charge is 0.278 e. The van der Waals surface area contributed by atoms with Crippen LogP contribution in [-0.4, -0.2) is 19.5 Å². The summed E-state index contributed by atoms with van der Waals surface area (Å²) in [6.07, 6.45) is 3.48. The monoisotopic (exact) mass is 348 g/mol. The number of thioether (sulfide) groups is 1. The molecule has 0 aliphatic rings. The second-order valence-electron chi connectivity index (χ2n) is 5.60. The summed E-state index contributed by atoms with van der Waals surface area (Å²) in [6, 6.07) is 13.6. The van der Waals surface area contributed by atoms with Gasteiger partial charge in [0.1, 0.15) is 11.0 Å². The van der Waals surface area contributed by atoms with E-state index in [9.17, 15) is 4.79 Å². The number of benzene rings is 1. The van der Waals surface area contributed by atoms with Crippen molar-refractivity contribution in [3.8, 4) is 0 Å². The quantitative estimate of drug-likeness (QED) is 0.339. The molecule has 5 nitrogen and oxygen atoms in total. The average molecular weight is 348 g/mol. The Hall–Kier alpha value is -2.86. The zero-order valence-corrected chi connectivity index (χ0v) is 14.3. The maximum Gasteiger partial charge on any atom is 0.278 e. The number of nitrogens with one attached hydrogen (secondary N) is 1. The fraction of sp³-hybridized carbons (Fsp3) is 0.105. The van der Waals surface area contributed by atoms with E-state index in [1.54, 1.807) is 16.8 Å². The van der Waals surface area contributed by atoms with Crippen molar-refractivity contribution in [2.45, 2.75) is 17.5 Å². The van der Waals surface area contributed by atoms with Crippen LogP contribution < -0.4 is 5.56 Å². The Morgan fingerprint density at radius 1 is 1.20 bits per heavy atom. The zero-order valence-electron chi connectivity index (χ0n) is 13.5. The maximum absolute atomic E-state index is 12.9. The molecule has 0 aliphatic heterocycles. The van der Waals surface area contributed by atoms with Crippen LogP contribution >= 0.6 is 11.8 Å². The van der Waals surface area contributed by atoms with Gasteiger partial charge in [-0.05, 0) is 18.2 Å². The van der Waals surface area contributed by atoms with Crippen LogP contribution in [0.25, 0.3) is 21.9 Å². The lowest BCUT2D eigenvalue weighted by Gasteiger charge is -2.09. The largest absolute Gasteiger partial charge is 0.349 e. The molecule has 4 rings (SSSR count). The summed E-state index contributed by atoms with van der Waals surface area (Å²) in [7, 11) is 0. The standard InChI is InChI=1S/C19H16N4OS/c1-2-11-23-18(24)17-16(14-8-3-4-9-15(14)21-17)22-19(23)25-12-13-7-5-6-10-20-13/h2-10,21H,1,11-12H2. The molecule has 0 radical (unpaired) electrons. The Kier molecular flexibility index (Phi) is 4.11. The second kappa shape index (κ2) is 6.57. The highest BCUT2D eigenvalue weighted by Gasteiger charge is 2.15. The van der Waals surface area contributed by atoms with Crippen LogP contribution in [0.3, 0.4) is 0 Å². The first-order chi connectivity index (χ1) is 12.3. The van der Waals surface area contributed by atoms with Crippen molar-refractivity contribution in [3.63, 3.8) is 0 Å². The predicted molar refractivity (Wildman–Crippen MR) is 102 cm³/mol. The molecule has 6 heteroatoms. The van der Waals surface area contributed by atoms with Gasteiger partial charge in [-0.3, -0.25) is 14.3 Å². The molecule has 0 atom stereocenters. The van der Waals surface area contributed by atoms with Gasteiger partial charge >= 0.3 is 0 Å². The van der Waals surface area contributed by atoms with Crippen LogP contribution in [0.1, 0.15) is 5.69 Å². The fourth-order valence-electron chi connectivity index (χ4n) is 2.80. The Balaban J connectivity index is 1.85. The topological polar surface area (TPSA) is 63.6 Å². The van der Waals surface area contributed by atoms with Gasteiger partial charge in [0.05, 0.1) is 5.69 Å². The zero-order chi connectivity index (χ0) is 17.2. The number of rotatable bonds is 5. The summed E-state index contributed by atoms with van der Waals surface area (Å²) >= 11 is 1.51. The molecule has 0 saturated heterocycles. The number of aromatic nitrogens is 4. The molecule has 0 fully saturated rings. The average Bonchev–Trinajstić information content (AvgIpc) is 3.02. The van der Waals surface area contributed by atoms with Gasteiger partial charge in [0.2, 0.25) is 0 Å². The Morgan fingerprint density at radius 3 is 2.84 bits per heavy atom. The van der Waals surface area contributed by atoms with Gasteiger partial charge in [-0.15, -0.1) is 6.58 Å². The SMILES string of the molecule is C=CCn1c(SCc2ccccn2)nc2c([nH]c3ccccc32)c1=O. The van der Waals surface area contributed by atoms with E-state index in [1.165, 1.54) is 11.8 Å². The van der Waals surface area contributed by atoms with Crippen molar-refractivity contribution >= 4 is 33.7 Å². The van der Waals surface area contributed by atoms with E-state index in [-0.39, 0.29) is 5.56 Å². The van der Waals surface area contributed by atoms with Crippen LogP contribution in [0.5, 0.6) is 0 Å². The second-order valence-corrected chi connectivity index (χ2v) is 6.55. The van der Waals surface area contributed by atoms with Gasteiger partial charge < -0.3 is 4.98 Å². The van der Waals surface area contributed by atoms with Gasteiger partial charge in [0, 0.05) is 29.4 Å². The van der Waals surface area contributed by atoms with Crippen molar-refractivity contribution in [2.24, 2.45) is 0 Å². The van der Waals surface area contributed by atoms with E-state index in [2.05, 4.69) is 16.5 Å². The lowest BCUT2D eigenvalue weighted by Crippen LogP contribution is -2.22. The van der Waals surface area contributed by atoms with Crippen LogP contribution in [-0.2, 0) is 12.3 Å². The highest BCUT2D eigenvalue weighted by molar-refractivity contribution is 7.98. The first-order valence-electron chi connectivity index (χ1n) is 7.93. The van der Waals surface area contributed by atoms with E-state index in [0.29, 0.717) is 28.5 Å². The van der Waals surface area contributed by atoms with Gasteiger partial charge in [-0.2, -0.15) is 0 Å². The molecule has 3 aromatic heterocycles. The molecule has 0 spiro atoms. The molecule has 3 heterocycles. The molecule has 25 heavy (non-hydrogen) atoms. The van der Waals surface area contributed by atoms with E-state index in [0.717, 1.165) is 16.6 Å². The number of fused-ring (bicyclic) bond motifs is 3. The minimum absolute atomic E-state index is 0.0791. The first-order valence-corrected chi connectivity index (χ1v) is 8.91. The van der Waals surface area contributed by atoms with Crippen LogP contribution in [0.4, 0.5) is 0 Å². The third kappa shape index (κ3) is 2.85. The third-order valence-corrected chi connectivity index (χ3v) is 4.97. The van der Waals surface area contributed by atoms with E-state index in [1.807, 2.05) is 42.5 Å². The number of H-pyrrole nitrogens is 1. The molecule has 1 N–H and O–H groups in total. The van der Waals surface area contributed by atoms with Crippen LogP contribution in [0.2, 0.25) is 0 Å². The number of allylic oxidation sites excluding steroid dienone is 1. The number of pyridine rings is 1. The van der Waals surface area contributed by atoms with Gasteiger partial charge in [-0.1, -0.05) is 42.1 Å². The first kappa shape index (κ1) is 15.7. The molecule has 0 amide bonds. The lowest BCUT2D eigenvalue weighted by molar-refractivity contribution is 0.670. The fourth-order valence-corrected chi connectivity index (χ4v) is 3.72. The number of aromatic amines is 1. The molecule has 0 unspecified atom stereocenters. The summed E-state index contributed by atoms with van der Waals surface area (Å²) < 4.78 is 1.65. The molecule has 4 aromatic rings. The number of nitrogens with zero attached hydrogens (tertiary/aromatic N) is 3. The van der Waals surface area contributed by atoms with E-state index < -0.39 is 0 Å². The van der Waals surface area contributed by atoms with Crippen molar-refractivity contribution in [1.29, 1.82) is 0 Å². The minimum Gasteiger partial charge on any atom is -0.349 e. The minimum atomic E-state index is -0.0791. The Morgan fingerprint density at radius 2 is 2.04 bits per heavy atom. The highest BCUT2D eigenvalue weighted by atomic mass is 32.2. The molecule has 124 valence electrons. The van der Waals surface area contributed by atoms with Gasteiger partial charge in [0.15, 0.2) is 5.16 Å². The van der Waals surface area contributed by atoms with Crippen molar-refractivity contribution in [3.05, 3.63) is 77.4 Å². The maximum atomic E-state index is 12.9. The predicted octanol–water partition coefficient (Wildman–Crippen LogP) is 3.75. The Labute approximate surface area is 148 Å². The molecule has 0 bridgehead atoms. The summed E-state index contributed by atoms with van der Waals surface area (Å²) in [5.74, 6) is 0.651. The van der Waals surface area contributed by atoms with E-state index in [4.69, 9.17) is 4.98 Å². The normalized spacial score (nSPS) is 11.2. The summed E-state index contributed by atoms with van der Waals surface area (Å²) in [5, 5.41) is 1.63. The van der Waals surface area contributed by atoms with Crippen molar-refractivity contribution < 1.29 is 0 Å². The molecular formula is C19H16N4OS. The summed E-state index contributed by atoms with van der Waals surface area (Å²) in [6.45, 7) is 4.18. The molecule has 0 saturated carbocycles. The Bertz CT molecular complexity index is 1110. The van der Waals surface area contributed by atoms with Gasteiger partial charge in [-0.25, -0.2) is 4.98 Å². The lowest BCUT2D eigenvalue weighted by atomic mass is 10.2. The number of para-hydroxylation sites is 1. The highest BCUT2D eigenvalue weighted by Crippen LogP contribution is 2.25. The van der Waals surface area contributed by atoms with Crippen molar-refractivity contribution in [2.75, 3.05) is 0 Å². The van der Waals surface area contributed by atoms with Gasteiger partial charge in [0.25, 0.3) is 5.56 Å².